The Bertz CT molecular complexity index is 905. The molecule has 26 heavy (non-hydrogen) atoms. The van der Waals surface area contributed by atoms with E-state index in [1.54, 1.807) is 18.7 Å². The Kier molecular flexibility index (Phi) is 5.48. The number of anilines is 2. The number of thioether (sulfide) groups is 1. The average molecular weight is 366 g/mol. The zero-order chi connectivity index (χ0) is 18.5. The smallest absolute Gasteiger partial charge is 0.273 e. The molecular formula is C19H18N4O2S. The predicted octanol–water partition coefficient (Wildman–Crippen LogP) is 3.32. The maximum Gasteiger partial charge on any atom is 0.273 e. The number of aromatic nitrogens is 3. The molecule has 2 aromatic carbocycles. The summed E-state index contributed by atoms with van der Waals surface area (Å²) < 4.78 is 0. The van der Waals surface area contributed by atoms with Crippen molar-refractivity contribution in [3.63, 3.8) is 0 Å². The largest absolute Gasteiger partial charge is 0.298 e. The molecule has 0 spiro atoms. The van der Waals surface area contributed by atoms with Gasteiger partial charge in [0.1, 0.15) is 5.69 Å². The first-order valence-corrected chi connectivity index (χ1v) is 8.98. The molecular weight excluding hydrogens is 348 g/mol. The number of carbonyl (C=O) groups is 1. The van der Waals surface area contributed by atoms with Crippen molar-refractivity contribution in [2.24, 2.45) is 0 Å². The minimum absolute atomic E-state index is 0.115. The summed E-state index contributed by atoms with van der Waals surface area (Å²) in [6.07, 6.45) is 0. The van der Waals surface area contributed by atoms with Gasteiger partial charge in [-0.2, -0.15) is 0 Å². The van der Waals surface area contributed by atoms with E-state index in [0.717, 1.165) is 11.4 Å². The van der Waals surface area contributed by atoms with E-state index < -0.39 is 5.25 Å². The van der Waals surface area contributed by atoms with Gasteiger partial charge in [-0.15, -0.1) is 10.2 Å². The van der Waals surface area contributed by atoms with E-state index >= 15 is 0 Å². The van der Waals surface area contributed by atoms with Crippen LogP contribution < -0.4 is 10.5 Å². The fraction of sp³-hybridized carbons (Fsp3) is 0.158. The number of nitrogens with zero attached hydrogens (tertiary/aromatic N) is 3. The SMILES string of the molecule is Cc1nnc(SC(C)C(=O)N(c2ccccc2)c2ccccc2)[nH]c1=O. The lowest BCUT2D eigenvalue weighted by Gasteiger charge is -2.25. The summed E-state index contributed by atoms with van der Waals surface area (Å²) in [7, 11) is 0. The van der Waals surface area contributed by atoms with E-state index in [0.29, 0.717) is 10.9 Å². The van der Waals surface area contributed by atoms with Gasteiger partial charge in [-0.05, 0) is 38.1 Å². The van der Waals surface area contributed by atoms with Gasteiger partial charge in [0, 0.05) is 11.4 Å². The van der Waals surface area contributed by atoms with Crippen LogP contribution in [0.25, 0.3) is 0 Å². The fourth-order valence-corrected chi connectivity index (χ4v) is 3.17. The molecule has 0 radical (unpaired) electrons. The number of para-hydroxylation sites is 2. The van der Waals surface area contributed by atoms with Gasteiger partial charge in [-0.25, -0.2) is 0 Å². The maximum absolute atomic E-state index is 13.2. The molecule has 1 heterocycles. The van der Waals surface area contributed by atoms with Crippen LogP contribution in [-0.2, 0) is 4.79 Å². The number of hydrogen-bond acceptors (Lipinski definition) is 5. The van der Waals surface area contributed by atoms with Crippen LogP contribution in [0.4, 0.5) is 11.4 Å². The van der Waals surface area contributed by atoms with Crippen molar-refractivity contribution < 1.29 is 4.79 Å². The second-order valence-electron chi connectivity index (χ2n) is 5.65. The van der Waals surface area contributed by atoms with Crippen molar-refractivity contribution in [3.05, 3.63) is 76.7 Å². The topological polar surface area (TPSA) is 79.0 Å². The summed E-state index contributed by atoms with van der Waals surface area (Å²) in [4.78, 5) is 29.2. The average Bonchev–Trinajstić information content (AvgIpc) is 2.66. The van der Waals surface area contributed by atoms with E-state index in [9.17, 15) is 9.59 Å². The molecule has 0 aliphatic heterocycles. The molecule has 3 aromatic rings. The molecule has 6 nitrogen and oxygen atoms in total. The standard InChI is InChI=1S/C19H18N4O2S/c1-13-17(24)20-19(22-21-13)26-14(2)18(25)23(15-9-5-3-6-10-15)16-11-7-4-8-12-16/h3-12,14H,1-2H3,(H,20,22,24). The zero-order valence-corrected chi connectivity index (χ0v) is 15.2. The molecule has 1 N–H and O–H groups in total. The predicted molar refractivity (Wildman–Crippen MR) is 103 cm³/mol. The fourth-order valence-electron chi connectivity index (χ4n) is 2.39. The third-order valence-corrected chi connectivity index (χ3v) is 4.69. The van der Waals surface area contributed by atoms with E-state index in [-0.39, 0.29) is 11.5 Å². The van der Waals surface area contributed by atoms with Crippen molar-refractivity contribution in [3.8, 4) is 0 Å². The van der Waals surface area contributed by atoms with Crippen LogP contribution >= 0.6 is 11.8 Å². The molecule has 3 rings (SSSR count). The molecule has 0 bridgehead atoms. The molecule has 1 aromatic heterocycles. The minimum Gasteiger partial charge on any atom is -0.298 e. The van der Waals surface area contributed by atoms with Crippen molar-refractivity contribution >= 4 is 29.0 Å². The summed E-state index contributed by atoms with van der Waals surface area (Å²) in [5.74, 6) is -0.115. The summed E-state index contributed by atoms with van der Waals surface area (Å²) in [6, 6.07) is 18.9. The summed E-state index contributed by atoms with van der Waals surface area (Å²) in [5, 5.41) is 7.62. The Morgan fingerprint density at radius 1 is 1.00 bits per heavy atom. The summed E-state index contributed by atoms with van der Waals surface area (Å²) >= 11 is 1.17. The highest BCUT2D eigenvalue weighted by Gasteiger charge is 2.25. The lowest BCUT2D eigenvalue weighted by molar-refractivity contribution is -0.117. The Hall–Kier alpha value is -2.93. The molecule has 0 aliphatic rings. The third-order valence-electron chi connectivity index (χ3n) is 3.73. The Morgan fingerprint density at radius 2 is 1.54 bits per heavy atom. The van der Waals surface area contributed by atoms with Crippen molar-refractivity contribution in [1.82, 2.24) is 15.2 Å². The van der Waals surface area contributed by atoms with Crippen molar-refractivity contribution in [2.75, 3.05) is 4.90 Å². The molecule has 1 unspecified atom stereocenters. The minimum atomic E-state index is -0.469. The van der Waals surface area contributed by atoms with Crippen LogP contribution in [0.5, 0.6) is 0 Å². The Balaban J connectivity index is 1.89. The van der Waals surface area contributed by atoms with E-state index in [1.807, 2.05) is 60.7 Å². The van der Waals surface area contributed by atoms with Gasteiger partial charge in [0.25, 0.3) is 5.56 Å². The zero-order valence-electron chi connectivity index (χ0n) is 14.4. The van der Waals surface area contributed by atoms with Crippen molar-refractivity contribution in [2.45, 2.75) is 24.3 Å². The number of amides is 1. The van der Waals surface area contributed by atoms with Gasteiger partial charge in [-0.3, -0.25) is 19.5 Å². The molecule has 1 amide bonds. The van der Waals surface area contributed by atoms with Crippen LogP contribution in [0, 0.1) is 6.92 Å². The monoisotopic (exact) mass is 366 g/mol. The molecule has 132 valence electrons. The van der Waals surface area contributed by atoms with E-state index in [1.165, 1.54) is 11.8 Å². The first-order valence-electron chi connectivity index (χ1n) is 8.10. The maximum atomic E-state index is 13.2. The molecule has 0 saturated heterocycles. The number of H-pyrrole nitrogens is 1. The van der Waals surface area contributed by atoms with Crippen LogP contribution in [0.15, 0.2) is 70.6 Å². The Morgan fingerprint density at radius 3 is 2.04 bits per heavy atom. The number of aromatic amines is 1. The number of benzene rings is 2. The highest BCUT2D eigenvalue weighted by molar-refractivity contribution is 8.00. The van der Waals surface area contributed by atoms with Gasteiger partial charge >= 0.3 is 0 Å². The van der Waals surface area contributed by atoms with E-state index in [4.69, 9.17) is 0 Å². The highest BCUT2D eigenvalue weighted by Crippen LogP contribution is 2.29. The van der Waals surface area contributed by atoms with Gasteiger partial charge < -0.3 is 0 Å². The van der Waals surface area contributed by atoms with Gasteiger partial charge in [-0.1, -0.05) is 48.2 Å². The van der Waals surface area contributed by atoms with Crippen molar-refractivity contribution in [1.29, 1.82) is 0 Å². The number of aryl methyl sites for hydroxylation is 1. The summed E-state index contributed by atoms with van der Waals surface area (Å²) in [6.45, 7) is 3.37. The van der Waals surface area contributed by atoms with E-state index in [2.05, 4.69) is 15.2 Å². The number of nitrogens with one attached hydrogen (secondary N) is 1. The van der Waals surface area contributed by atoms with Crippen LogP contribution in [-0.4, -0.2) is 26.3 Å². The molecule has 0 fully saturated rings. The molecule has 1 atom stereocenters. The number of rotatable bonds is 5. The molecule has 0 aliphatic carbocycles. The molecule has 0 saturated carbocycles. The Labute approximate surface area is 155 Å². The second kappa shape index (κ2) is 7.97. The first kappa shape index (κ1) is 17.9. The molecule has 7 heteroatoms. The quantitative estimate of drug-likeness (QED) is 0.701. The lowest BCUT2D eigenvalue weighted by Crippen LogP contribution is -2.33. The van der Waals surface area contributed by atoms with Gasteiger partial charge in [0.05, 0.1) is 5.25 Å². The third kappa shape index (κ3) is 4.00. The summed E-state index contributed by atoms with van der Waals surface area (Å²) in [5.41, 5.74) is 1.55. The number of carbonyl (C=O) groups excluding carboxylic acids is 1. The highest BCUT2D eigenvalue weighted by atomic mass is 32.2. The normalized spacial score (nSPS) is 11.8. The van der Waals surface area contributed by atoms with Crippen LogP contribution in [0.1, 0.15) is 12.6 Å². The van der Waals surface area contributed by atoms with Crippen LogP contribution in [0.2, 0.25) is 0 Å². The lowest BCUT2D eigenvalue weighted by atomic mass is 10.2. The van der Waals surface area contributed by atoms with Crippen LogP contribution in [0.3, 0.4) is 0 Å². The van der Waals surface area contributed by atoms with Gasteiger partial charge in [0.2, 0.25) is 5.91 Å². The first-order chi connectivity index (χ1) is 12.6. The van der Waals surface area contributed by atoms with Gasteiger partial charge in [0.15, 0.2) is 5.16 Å². The second-order valence-corrected chi connectivity index (χ2v) is 6.98. The number of hydrogen-bond donors (Lipinski definition) is 1.